The highest BCUT2D eigenvalue weighted by molar-refractivity contribution is 6.58. The van der Waals surface area contributed by atoms with Gasteiger partial charge in [0.15, 0.2) is 0 Å². The van der Waals surface area contributed by atoms with E-state index < -0.39 is 0 Å². The lowest BCUT2D eigenvalue weighted by Gasteiger charge is -2.13. The van der Waals surface area contributed by atoms with Gasteiger partial charge in [-0.25, -0.2) is 0 Å². The number of hydrogen-bond donors (Lipinski definition) is 0. The van der Waals surface area contributed by atoms with Gasteiger partial charge in [0.2, 0.25) is 0 Å². The molecule has 1 heteroatoms. The third-order valence-corrected chi connectivity index (χ3v) is 5.83. The summed E-state index contributed by atoms with van der Waals surface area (Å²) in [6, 6.07) is 4.75. The maximum atomic E-state index is 2.32. The van der Waals surface area contributed by atoms with Crippen LogP contribution in [0, 0.1) is 0 Å². The molecule has 79 valence electrons. The van der Waals surface area contributed by atoms with Crippen LogP contribution in [0.4, 0.5) is 0 Å². The summed E-state index contributed by atoms with van der Waals surface area (Å²) in [5.41, 5.74) is 0. The second kappa shape index (κ2) is 10.3. The van der Waals surface area contributed by atoms with Gasteiger partial charge < -0.3 is 0 Å². The van der Waals surface area contributed by atoms with Crippen molar-refractivity contribution in [3.8, 4) is 0 Å². The van der Waals surface area contributed by atoms with E-state index in [0.717, 1.165) is 0 Å². The van der Waals surface area contributed by atoms with Crippen LogP contribution in [0.5, 0.6) is 0 Å². The van der Waals surface area contributed by atoms with Gasteiger partial charge in [-0.3, -0.25) is 0 Å². The number of rotatable bonds is 9. The Morgan fingerprint density at radius 3 is 1.15 bits per heavy atom. The Morgan fingerprint density at radius 1 is 0.615 bits per heavy atom. The van der Waals surface area contributed by atoms with E-state index in [-0.39, 0.29) is 8.80 Å². The van der Waals surface area contributed by atoms with Crippen LogP contribution in [0.2, 0.25) is 18.1 Å². The topological polar surface area (TPSA) is 0 Å². The van der Waals surface area contributed by atoms with Crippen molar-refractivity contribution in [3.05, 3.63) is 0 Å². The average molecular weight is 199 g/mol. The van der Waals surface area contributed by atoms with Gasteiger partial charge in [0, 0.05) is 8.80 Å². The van der Waals surface area contributed by atoms with Crippen LogP contribution in [-0.4, -0.2) is 8.80 Å². The smallest absolute Gasteiger partial charge is 0.0479 e. The first-order chi connectivity index (χ1) is 6.35. The van der Waals surface area contributed by atoms with Gasteiger partial charge in [-0.2, -0.15) is 0 Å². The quantitative estimate of drug-likeness (QED) is 0.464. The van der Waals surface area contributed by atoms with Crippen molar-refractivity contribution in [2.75, 3.05) is 0 Å². The Kier molecular flexibility index (Phi) is 10.5. The minimum atomic E-state index is 0.0675. The van der Waals surface area contributed by atoms with Crippen molar-refractivity contribution in [1.82, 2.24) is 0 Å². The molecule has 0 saturated heterocycles. The molecule has 0 rings (SSSR count). The molecule has 0 aromatic heterocycles. The van der Waals surface area contributed by atoms with Crippen molar-refractivity contribution in [2.24, 2.45) is 0 Å². The molecule has 0 aliphatic rings. The second-order valence-corrected chi connectivity index (χ2v) is 7.06. The standard InChI is InChI=1S/C12H27Si/c1-4-7-10-13(11-8-5-2)12-9-6-3/h4-12H2,1-3H3. The summed E-state index contributed by atoms with van der Waals surface area (Å²) in [5.74, 6) is 0. The first kappa shape index (κ1) is 13.2. The lowest BCUT2D eigenvalue weighted by Crippen LogP contribution is -2.11. The van der Waals surface area contributed by atoms with Gasteiger partial charge in [-0.05, 0) is 0 Å². The molecule has 0 fully saturated rings. The van der Waals surface area contributed by atoms with Crippen molar-refractivity contribution in [3.63, 3.8) is 0 Å². The van der Waals surface area contributed by atoms with E-state index in [9.17, 15) is 0 Å². The molecule has 0 unspecified atom stereocenters. The molecule has 0 aliphatic carbocycles. The third-order valence-electron chi connectivity index (χ3n) is 2.65. The fourth-order valence-electron chi connectivity index (χ4n) is 1.66. The van der Waals surface area contributed by atoms with Crippen LogP contribution >= 0.6 is 0 Å². The lowest BCUT2D eigenvalue weighted by molar-refractivity contribution is 0.812. The molecular weight excluding hydrogens is 172 g/mol. The number of unbranched alkanes of at least 4 members (excludes halogenated alkanes) is 3. The zero-order valence-electron chi connectivity index (χ0n) is 9.86. The third kappa shape index (κ3) is 8.54. The van der Waals surface area contributed by atoms with E-state index in [2.05, 4.69) is 20.8 Å². The van der Waals surface area contributed by atoms with E-state index in [1.807, 2.05) is 0 Å². The van der Waals surface area contributed by atoms with Crippen LogP contribution in [0.3, 0.4) is 0 Å². The van der Waals surface area contributed by atoms with Gasteiger partial charge in [0.1, 0.15) is 0 Å². The molecule has 0 saturated carbocycles. The highest BCUT2D eigenvalue weighted by Crippen LogP contribution is 2.16. The molecule has 0 nitrogen and oxygen atoms in total. The van der Waals surface area contributed by atoms with Crippen LogP contribution in [-0.2, 0) is 0 Å². The fourth-order valence-corrected chi connectivity index (χ4v) is 4.97. The SMILES string of the molecule is CCCC[Si](CCCC)CCCC. The molecule has 0 aliphatic heterocycles. The van der Waals surface area contributed by atoms with Crippen LogP contribution < -0.4 is 0 Å². The highest BCUT2D eigenvalue weighted by Gasteiger charge is 2.08. The van der Waals surface area contributed by atoms with Crippen molar-refractivity contribution >= 4 is 8.80 Å². The molecular formula is C12H27Si. The zero-order chi connectivity index (χ0) is 9.94. The minimum Gasteiger partial charge on any atom is -0.0654 e. The maximum absolute atomic E-state index is 2.32. The van der Waals surface area contributed by atoms with E-state index in [1.54, 1.807) is 18.1 Å². The molecule has 0 atom stereocenters. The van der Waals surface area contributed by atoms with Crippen molar-refractivity contribution in [2.45, 2.75) is 77.4 Å². The molecule has 1 radical (unpaired) electrons. The predicted octanol–water partition coefficient (Wildman–Crippen LogP) is 4.88. The summed E-state index contributed by atoms with van der Waals surface area (Å²) in [5, 5.41) is 0. The van der Waals surface area contributed by atoms with Gasteiger partial charge in [0.05, 0.1) is 0 Å². The van der Waals surface area contributed by atoms with Crippen LogP contribution in [0.1, 0.15) is 59.3 Å². The van der Waals surface area contributed by atoms with E-state index in [0.29, 0.717) is 0 Å². The van der Waals surface area contributed by atoms with E-state index >= 15 is 0 Å². The molecule has 0 aromatic carbocycles. The summed E-state index contributed by atoms with van der Waals surface area (Å²) >= 11 is 0. The Labute approximate surface area is 86.7 Å². The summed E-state index contributed by atoms with van der Waals surface area (Å²) in [7, 11) is 0.0675. The fraction of sp³-hybridized carbons (Fsp3) is 1.00. The predicted molar refractivity (Wildman–Crippen MR) is 64.9 cm³/mol. The molecule has 0 heterocycles. The maximum Gasteiger partial charge on any atom is 0.0479 e. The Morgan fingerprint density at radius 2 is 0.923 bits per heavy atom. The molecule has 0 aromatic rings. The summed E-state index contributed by atoms with van der Waals surface area (Å²) in [4.78, 5) is 0. The normalized spacial score (nSPS) is 11.1. The minimum absolute atomic E-state index is 0.0675. The van der Waals surface area contributed by atoms with Gasteiger partial charge in [-0.15, -0.1) is 0 Å². The molecule has 0 N–H and O–H groups in total. The molecule has 13 heavy (non-hydrogen) atoms. The molecule has 0 spiro atoms. The van der Waals surface area contributed by atoms with Crippen molar-refractivity contribution in [1.29, 1.82) is 0 Å². The molecule has 0 bridgehead atoms. The van der Waals surface area contributed by atoms with E-state index in [4.69, 9.17) is 0 Å². The Hall–Kier alpha value is 0.217. The highest BCUT2D eigenvalue weighted by atomic mass is 28.3. The van der Waals surface area contributed by atoms with Gasteiger partial charge in [-0.1, -0.05) is 77.4 Å². The van der Waals surface area contributed by atoms with Crippen LogP contribution in [0.15, 0.2) is 0 Å². The Balaban J connectivity index is 3.47. The first-order valence-corrected chi connectivity index (χ1v) is 8.30. The summed E-state index contributed by atoms with van der Waals surface area (Å²) in [6.07, 6.45) is 8.65. The summed E-state index contributed by atoms with van der Waals surface area (Å²) < 4.78 is 0. The number of hydrogen-bond acceptors (Lipinski definition) is 0. The largest absolute Gasteiger partial charge is 0.0654 e. The Bertz CT molecular complexity index is 72.1. The van der Waals surface area contributed by atoms with E-state index in [1.165, 1.54) is 38.5 Å². The molecule has 0 amide bonds. The average Bonchev–Trinajstić information content (AvgIpc) is 2.17. The summed E-state index contributed by atoms with van der Waals surface area (Å²) in [6.45, 7) is 6.96. The second-order valence-electron chi connectivity index (χ2n) is 4.06. The van der Waals surface area contributed by atoms with Crippen molar-refractivity contribution < 1.29 is 0 Å². The monoisotopic (exact) mass is 199 g/mol. The van der Waals surface area contributed by atoms with Crippen LogP contribution in [0.25, 0.3) is 0 Å². The van der Waals surface area contributed by atoms with Gasteiger partial charge >= 0.3 is 0 Å². The lowest BCUT2D eigenvalue weighted by atomic mass is 10.4. The first-order valence-electron chi connectivity index (χ1n) is 6.18. The van der Waals surface area contributed by atoms with Gasteiger partial charge in [0.25, 0.3) is 0 Å². The zero-order valence-corrected chi connectivity index (χ0v) is 10.9.